The second-order valence-corrected chi connectivity index (χ2v) is 5.79. The van der Waals surface area contributed by atoms with Gasteiger partial charge in [-0.2, -0.15) is 5.10 Å². The van der Waals surface area contributed by atoms with Crippen LogP contribution in [0.4, 0.5) is 0 Å². The van der Waals surface area contributed by atoms with Gasteiger partial charge in [-0.05, 0) is 32.6 Å². The molecular weight excluding hydrogens is 252 g/mol. The third kappa shape index (κ3) is 2.17. The molecule has 1 aliphatic heterocycles. The van der Waals surface area contributed by atoms with Crippen LogP contribution in [0.3, 0.4) is 0 Å². The van der Waals surface area contributed by atoms with Gasteiger partial charge in [0.25, 0.3) is 5.91 Å². The van der Waals surface area contributed by atoms with E-state index in [1.165, 1.54) is 0 Å². The summed E-state index contributed by atoms with van der Waals surface area (Å²) in [6.45, 7) is 7.79. The van der Waals surface area contributed by atoms with Crippen molar-refractivity contribution in [2.45, 2.75) is 33.6 Å². The van der Waals surface area contributed by atoms with Crippen LogP contribution in [0.25, 0.3) is 5.65 Å². The molecule has 20 heavy (non-hydrogen) atoms. The van der Waals surface area contributed by atoms with E-state index in [9.17, 15) is 4.79 Å². The maximum atomic E-state index is 12.6. The van der Waals surface area contributed by atoms with Crippen molar-refractivity contribution < 1.29 is 4.79 Å². The molecule has 2 aromatic heterocycles. The van der Waals surface area contributed by atoms with E-state index < -0.39 is 0 Å². The first-order valence-corrected chi connectivity index (χ1v) is 7.17. The number of aromatic nitrogens is 3. The summed E-state index contributed by atoms with van der Waals surface area (Å²) in [4.78, 5) is 18.9. The number of aryl methyl sites for hydroxylation is 2. The van der Waals surface area contributed by atoms with Gasteiger partial charge in [0.15, 0.2) is 5.65 Å². The third-order valence-electron chi connectivity index (χ3n) is 4.15. The number of nitrogens with zero attached hydrogens (tertiary/aromatic N) is 4. The fraction of sp³-hybridized carbons (Fsp3) is 0.533. The van der Waals surface area contributed by atoms with E-state index >= 15 is 0 Å². The highest BCUT2D eigenvalue weighted by molar-refractivity contribution is 5.95. The lowest BCUT2D eigenvalue weighted by atomic mass is 9.98. The van der Waals surface area contributed by atoms with Gasteiger partial charge in [-0.3, -0.25) is 4.79 Å². The molecule has 3 heterocycles. The minimum atomic E-state index is 0.0805. The molecule has 0 unspecified atom stereocenters. The molecule has 0 aliphatic carbocycles. The summed E-state index contributed by atoms with van der Waals surface area (Å²) in [7, 11) is 0. The number of amides is 1. The molecule has 0 bridgehead atoms. The summed E-state index contributed by atoms with van der Waals surface area (Å²) in [5, 5.41) is 4.40. The second-order valence-electron chi connectivity index (χ2n) is 5.79. The van der Waals surface area contributed by atoms with Gasteiger partial charge in [-0.15, -0.1) is 0 Å². The lowest BCUT2D eigenvalue weighted by molar-refractivity contribution is 0.0695. The summed E-state index contributed by atoms with van der Waals surface area (Å²) >= 11 is 0. The van der Waals surface area contributed by atoms with Gasteiger partial charge in [-0.1, -0.05) is 6.92 Å². The molecule has 3 rings (SSSR count). The molecule has 2 aromatic rings. The Morgan fingerprint density at radius 1 is 1.30 bits per heavy atom. The van der Waals surface area contributed by atoms with Gasteiger partial charge in [0.05, 0.1) is 17.0 Å². The Hall–Kier alpha value is -1.91. The lowest BCUT2D eigenvalue weighted by Crippen LogP contribution is -2.38. The summed E-state index contributed by atoms with van der Waals surface area (Å²) in [6.07, 6.45) is 3.86. The molecule has 1 amide bonds. The maximum Gasteiger partial charge on any atom is 0.257 e. The molecule has 5 nitrogen and oxygen atoms in total. The summed E-state index contributed by atoms with van der Waals surface area (Å²) in [5.41, 5.74) is 3.24. The molecule has 0 radical (unpaired) electrons. The van der Waals surface area contributed by atoms with E-state index in [-0.39, 0.29) is 5.91 Å². The van der Waals surface area contributed by atoms with Crippen molar-refractivity contribution in [3.63, 3.8) is 0 Å². The maximum absolute atomic E-state index is 12.6. The average Bonchev–Trinajstić information content (AvgIpc) is 2.81. The van der Waals surface area contributed by atoms with E-state index in [4.69, 9.17) is 0 Å². The number of hydrogen-bond donors (Lipinski definition) is 0. The van der Waals surface area contributed by atoms with Crippen LogP contribution in [0.5, 0.6) is 0 Å². The van der Waals surface area contributed by atoms with E-state index in [2.05, 4.69) is 17.0 Å². The first-order valence-electron chi connectivity index (χ1n) is 7.17. The van der Waals surface area contributed by atoms with Crippen molar-refractivity contribution in [1.29, 1.82) is 0 Å². The molecule has 0 N–H and O–H groups in total. The highest BCUT2D eigenvalue weighted by atomic mass is 16.2. The summed E-state index contributed by atoms with van der Waals surface area (Å²) in [6, 6.07) is 1.92. The van der Waals surface area contributed by atoms with Crippen molar-refractivity contribution in [2.75, 3.05) is 13.1 Å². The van der Waals surface area contributed by atoms with Crippen LogP contribution >= 0.6 is 0 Å². The predicted molar refractivity (Wildman–Crippen MR) is 76.8 cm³/mol. The molecule has 0 aromatic carbocycles. The second kappa shape index (κ2) is 4.89. The first kappa shape index (κ1) is 13.1. The van der Waals surface area contributed by atoms with Gasteiger partial charge in [-0.25, -0.2) is 9.50 Å². The zero-order valence-electron chi connectivity index (χ0n) is 12.3. The zero-order chi connectivity index (χ0) is 14.3. The number of likely N-dealkylation sites (tertiary alicyclic amines) is 1. The summed E-state index contributed by atoms with van der Waals surface area (Å²) in [5.74, 6) is 0.798. The normalized spacial score (nSPS) is 16.9. The predicted octanol–water partition coefficient (Wildman–Crippen LogP) is 2.22. The van der Waals surface area contributed by atoms with Gasteiger partial charge in [0, 0.05) is 25.4 Å². The monoisotopic (exact) mass is 272 g/mol. The number of fused-ring (bicyclic) bond motifs is 1. The quantitative estimate of drug-likeness (QED) is 0.800. The van der Waals surface area contributed by atoms with Crippen LogP contribution in [0, 0.1) is 19.8 Å². The van der Waals surface area contributed by atoms with Crippen molar-refractivity contribution in [3.05, 3.63) is 29.2 Å². The van der Waals surface area contributed by atoms with Crippen molar-refractivity contribution in [3.8, 4) is 0 Å². The zero-order valence-corrected chi connectivity index (χ0v) is 12.3. The van der Waals surface area contributed by atoms with Gasteiger partial charge in [0.2, 0.25) is 0 Å². The molecule has 1 saturated heterocycles. The van der Waals surface area contributed by atoms with Crippen LogP contribution < -0.4 is 0 Å². The Morgan fingerprint density at radius 3 is 2.70 bits per heavy atom. The Bertz CT molecular complexity index is 653. The van der Waals surface area contributed by atoms with E-state index in [0.717, 1.165) is 48.9 Å². The molecule has 1 fully saturated rings. The third-order valence-corrected chi connectivity index (χ3v) is 4.15. The van der Waals surface area contributed by atoms with Crippen molar-refractivity contribution in [2.24, 2.45) is 5.92 Å². The Balaban J connectivity index is 1.93. The van der Waals surface area contributed by atoms with E-state index in [1.54, 1.807) is 10.7 Å². The molecule has 0 atom stereocenters. The van der Waals surface area contributed by atoms with Crippen molar-refractivity contribution >= 4 is 11.6 Å². The van der Waals surface area contributed by atoms with Crippen LogP contribution in [0.2, 0.25) is 0 Å². The van der Waals surface area contributed by atoms with Gasteiger partial charge >= 0.3 is 0 Å². The van der Waals surface area contributed by atoms with E-state index in [1.807, 2.05) is 24.8 Å². The molecule has 5 heteroatoms. The fourth-order valence-electron chi connectivity index (χ4n) is 2.75. The van der Waals surface area contributed by atoms with Crippen LogP contribution in [-0.4, -0.2) is 38.5 Å². The Kier molecular flexibility index (Phi) is 3.20. The molecule has 106 valence electrons. The molecule has 0 spiro atoms. The SMILES string of the molecule is Cc1cc2ncc(C(=O)N3CCC(C)CC3)c(C)n2n1. The van der Waals surface area contributed by atoms with E-state index in [0.29, 0.717) is 5.56 Å². The summed E-state index contributed by atoms with van der Waals surface area (Å²) < 4.78 is 1.76. The number of rotatable bonds is 1. The topological polar surface area (TPSA) is 50.5 Å². The minimum Gasteiger partial charge on any atom is -0.339 e. The largest absolute Gasteiger partial charge is 0.339 e. The minimum absolute atomic E-state index is 0.0805. The lowest BCUT2D eigenvalue weighted by Gasteiger charge is -2.30. The Morgan fingerprint density at radius 2 is 2.00 bits per heavy atom. The number of carbonyl (C=O) groups excluding carboxylic acids is 1. The fourth-order valence-corrected chi connectivity index (χ4v) is 2.75. The number of carbonyl (C=O) groups is 1. The van der Waals surface area contributed by atoms with Crippen LogP contribution in [0.15, 0.2) is 12.3 Å². The van der Waals surface area contributed by atoms with Crippen molar-refractivity contribution in [1.82, 2.24) is 19.5 Å². The number of hydrogen-bond acceptors (Lipinski definition) is 3. The molecule has 1 aliphatic rings. The molecular formula is C15H20N4O. The average molecular weight is 272 g/mol. The van der Waals surface area contributed by atoms with Crippen LogP contribution in [0.1, 0.15) is 41.5 Å². The van der Waals surface area contributed by atoms with Crippen LogP contribution in [-0.2, 0) is 0 Å². The Labute approximate surface area is 118 Å². The number of piperidine rings is 1. The first-order chi connectivity index (χ1) is 9.56. The smallest absolute Gasteiger partial charge is 0.257 e. The van der Waals surface area contributed by atoms with Gasteiger partial charge < -0.3 is 4.90 Å². The standard InChI is InChI=1S/C15H20N4O/c1-10-4-6-18(7-5-10)15(20)13-9-16-14-8-11(2)17-19(14)12(13)3/h8-10H,4-7H2,1-3H3. The highest BCUT2D eigenvalue weighted by Gasteiger charge is 2.23. The van der Waals surface area contributed by atoms with Gasteiger partial charge in [0.1, 0.15) is 0 Å². The molecule has 0 saturated carbocycles. The highest BCUT2D eigenvalue weighted by Crippen LogP contribution is 2.19.